The molecule has 0 saturated carbocycles. The first kappa shape index (κ1) is 11.0. The molecule has 1 nitrogen and oxygen atoms in total. The lowest BCUT2D eigenvalue weighted by Gasteiger charge is -2.16. The van der Waals surface area contributed by atoms with Crippen molar-refractivity contribution in [3.05, 3.63) is 29.6 Å². The fourth-order valence-electron chi connectivity index (χ4n) is 2.04. The molecule has 0 saturated heterocycles. The average Bonchev–Trinajstić information content (AvgIpc) is 2.63. The van der Waals surface area contributed by atoms with Gasteiger partial charge in [0.05, 0.1) is 0 Å². The summed E-state index contributed by atoms with van der Waals surface area (Å²) in [6.45, 7) is 2.14. The van der Waals surface area contributed by atoms with E-state index in [1.54, 1.807) is 23.9 Å². The third-order valence-corrected chi connectivity index (χ3v) is 4.23. The molecule has 1 heterocycles. The molecule has 0 bridgehead atoms. The van der Waals surface area contributed by atoms with E-state index in [1.165, 1.54) is 0 Å². The number of fused-ring (bicyclic) bond motifs is 1. The van der Waals surface area contributed by atoms with Crippen LogP contribution in [-0.2, 0) is 0 Å². The summed E-state index contributed by atoms with van der Waals surface area (Å²) in [5.74, 6) is 1.35. The first-order valence-corrected chi connectivity index (χ1v) is 6.29. The molecule has 3 heteroatoms. The zero-order valence-corrected chi connectivity index (χ0v) is 9.90. The second kappa shape index (κ2) is 4.54. The summed E-state index contributed by atoms with van der Waals surface area (Å²) in [7, 11) is 1.95. The van der Waals surface area contributed by atoms with Crippen LogP contribution in [0.4, 0.5) is 4.39 Å². The van der Waals surface area contributed by atoms with Gasteiger partial charge in [-0.25, -0.2) is 4.39 Å². The van der Waals surface area contributed by atoms with Crippen LogP contribution in [0.15, 0.2) is 23.1 Å². The molecule has 0 fully saturated rings. The van der Waals surface area contributed by atoms with Gasteiger partial charge in [-0.15, -0.1) is 11.8 Å². The topological polar surface area (TPSA) is 12.0 Å². The highest BCUT2D eigenvalue weighted by atomic mass is 32.2. The van der Waals surface area contributed by atoms with Crippen molar-refractivity contribution < 1.29 is 4.39 Å². The summed E-state index contributed by atoms with van der Waals surface area (Å²) in [5.41, 5.74) is 0.935. The summed E-state index contributed by atoms with van der Waals surface area (Å²) in [6, 6.07) is 5.83. The fraction of sp³-hybridized carbons (Fsp3) is 0.500. The summed E-state index contributed by atoms with van der Waals surface area (Å²) < 4.78 is 13.7. The Bertz CT molecular complexity index is 353. The van der Waals surface area contributed by atoms with Crippen LogP contribution in [0.3, 0.4) is 0 Å². The SMILES string of the molecule is CNC(C)CC1CSc2cccc(F)c21. The van der Waals surface area contributed by atoms with Gasteiger partial charge in [0.25, 0.3) is 0 Å². The zero-order chi connectivity index (χ0) is 10.8. The molecule has 0 spiro atoms. The van der Waals surface area contributed by atoms with Gasteiger partial charge in [0.1, 0.15) is 5.82 Å². The van der Waals surface area contributed by atoms with E-state index in [0.29, 0.717) is 12.0 Å². The molecule has 82 valence electrons. The van der Waals surface area contributed by atoms with E-state index in [1.807, 2.05) is 13.1 Å². The van der Waals surface area contributed by atoms with Crippen LogP contribution in [0.2, 0.25) is 0 Å². The van der Waals surface area contributed by atoms with Crippen LogP contribution in [0.25, 0.3) is 0 Å². The standard InChI is InChI=1S/C12H16FNS/c1-8(14-2)6-9-7-15-11-5-3-4-10(13)12(9)11/h3-5,8-9,14H,6-7H2,1-2H3. The highest BCUT2D eigenvalue weighted by Crippen LogP contribution is 2.42. The van der Waals surface area contributed by atoms with E-state index in [9.17, 15) is 4.39 Å². The van der Waals surface area contributed by atoms with Crippen molar-refractivity contribution in [2.45, 2.75) is 30.2 Å². The Morgan fingerprint density at radius 2 is 2.40 bits per heavy atom. The van der Waals surface area contributed by atoms with Crippen molar-refractivity contribution in [2.24, 2.45) is 0 Å². The van der Waals surface area contributed by atoms with Crippen LogP contribution in [0, 0.1) is 5.82 Å². The van der Waals surface area contributed by atoms with Gasteiger partial charge in [-0.05, 0) is 38.4 Å². The molecule has 1 aromatic rings. The summed E-state index contributed by atoms with van der Waals surface area (Å²) in [6.07, 6.45) is 1.01. The second-order valence-electron chi connectivity index (χ2n) is 4.08. The van der Waals surface area contributed by atoms with Gasteiger partial charge in [0, 0.05) is 22.3 Å². The number of rotatable bonds is 3. The molecular formula is C12H16FNS. The molecule has 0 radical (unpaired) electrons. The normalized spacial score (nSPS) is 21.4. The number of nitrogens with one attached hydrogen (secondary N) is 1. The Morgan fingerprint density at radius 3 is 3.13 bits per heavy atom. The Labute approximate surface area is 94.5 Å². The second-order valence-corrected chi connectivity index (χ2v) is 5.15. The molecule has 2 unspecified atom stereocenters. The predicted molar refractivity (Wildman–Crippen MR) is 63.0 cm³/mol. The molecule has 0 aliphatic carbocycles. The van der Waals surface area contributed by atoms with Crippen molar-refractivity contribution in [1.82, 2.24) is 5.32 Å². The number of thioether (sulfide) groups is 1. The van der Waals surface area contributed by atoms with Crippen molar-refractivity contribution >= 4 is 11.8 Å². The van der Waals surface area contributed by atoms with E-state index >= 15 is 0 Å². The van der Waals surface area contributed by atoms with E-state index in [4.69, 9.17) is 0 Å². The van der Waals surface area contributed by atoms with E-state index in [2.05, 4.69) is 12.2 Å². The Morgan fingerprint density at radius 1 is 1.60 bits per heavy atom. The van der Waals surface area contributed by atoms with Crippen molar-refractivity contribution in [3.8, 4) is 0 Å². The van der Waals surface area contributed by atoms with Gasteiger partial charge in [-0.1, -0.05) is 6.07 Å². The smallest absolute Gasteiger partial charge is 0.127 e. The summed E-state index contributed by atoms with van der Waals surface area (Å²) >= 11 is 1.77. The summed E-state index contributed by atoms with van der Waals surface area (Å²) in [4.78, 5) is 1.13. The van der Waals surface area contributed by atoms with Gasteiger partial charge in [-0.3, -0.25) is 0 Å². The van der Waals surface area contributed by atoms with Gasteiger partial charge >= 0.3 is 0 Å². The molecule has 1 aliphatic rings. The van der Waals surface area contributed by atoms with Gasteiger partial charge < -0.3 is 5.32 Å². The van der Waals surface area contributed by atoms with Crippen LogP contribution in [0.1, 0.15) is 24.8 Å². The quantitative estimate of drug-likeness (QED) is 0.848. The third-order valence-electron chi connectivity index (χ3n) is 2.99. The number of hydrogen-bond donors (Lipinski definition) is 1. The molecule has 1 N–H and O–H groups in total. The minimum atomic E-state index is -0.0363. The fourth-order valence-corrected chi connectivity index (χ4v) is 3.32. The van der Waals surface area contributed by atoms with Crippen molar-refractivity contribution in [3.63, 3.8) is 0 Å². The monoisotopic (exact) mass is 225 g/mol. The number of benzene rings is 1. The first-order chi connectivity index (χ1) is 7.22. The van der Waals surface area contributed by atoms with Crippen LogP contribution < -0.4 is 5.32 Å². The highest BCUT2D eigenvalue weighted by Gasteiger charge is 2.27. The van der Waals surface area contributed by atoms with E-state index in [0.717, 1.165) is 22.6 Å². The number of hydrogen-bond acceptors (Lipinski definition) is 2. The lowest BCUT2D eigenvalue weighted by atomic mass is 9.94. The average molecular weight is 225 g/mol. The molecule has 0 amide bonds. The lowest BCUT2D eigenvalue weighted by molar-refractivity contribution is 0.501. The van der Waals surface area contributed by atoms with Gasteiger partial charge in [0.2, 0.25) is 0 Å². The van der Waals surface area contributed by atoms with E-state index in [-0.39, 0.29) is 5.82 Å². The van der Waals surface area contributed by atoms with Gasteiger partial charge in [0.15, 0.2) is 0 Å². The van der Waals surface area contributed by atoms with Crippen LogP contribution in [0.5, 0.6) is 0 Å². The summed E-state index contributed by atoms with van der Waals surface area (Å²) in [5, 5.41) is 3.21. The zero-order valence-electron chi connectivity index (χ0n) is 9.09. The number of halogens is 1. The van der Waals surface area contributed by atoms with Gasteiger partial charge in [-0.2, -0.15) is 0 Å². The maximum absolute atomic E-state index is 13.7. The maximum atomic E-state index is 13.7. The lowest BCUT2D eigenvalue weighted by Crippen LogP contribution is -2.24. The maximum Gasteiger partial charge on any atom is 0.127 e. The molecule has 0 aromatic heterocycles. The molecule has 1 aromatic carbocycles. The molecule has 2 atom stereocenters. The Hall–Kier alpha value is -0.540. The molecule has 2 rings (SSSR count). The van der Waals surface area contributed by atoms with Crippen molar-refractivity contribution in [2.75, 3.05) is 12.8 Å². The minimum absolute atomic E-state index is 0.0363. The van der Waals surface area contributed by atoms with Crippen molar-refractivity contribution in [1.29, 1.82) is 0 Å². The van der Waals surface area contributed by atoms with Crippen LogP contribution in [-0.4, -0.2) is 18.8 Å². The minimum Gasteiger partial charge on any atom is -0.317 e. The molecular weight excluding hydrogens is 209 g/mol. The Kier molecular flexibility index (Phi) is 3.32. The molecule has 1 aliphatic heterocycles. The third kappa shape index (κ3) is 2.18. The predicted octanol–water partition coefficient (Wildman–Crippen LogP) is 3.01. The first-order valence-electron chi connectivity index (χ1n) is 5.31. The largest absolute Gasteiger partial charge is 0.317 e. The van der Waals surface area contributed by atoms with E-state index < -0.39 is 0 Å². The molecule has 15 heavy (non-hydrogen) atoms. The Balaban J connectivity index is 2.20. The van der Waals surface area contributed by atoms with Crippen LogP contribution >= 0.6 is 11.8 Å². The highest BCUT2D eigenvalue weighted by molar-refractivity contribution is 7.99.